The van der Waals surface area contributed by atoms with Gasteiger partial charge >= 0.3 is 0 Å². The molecule has 82 valence electrons. The van der Waals surface area contributed by atoms with Crippen LogP contribution >= 0.6 is 0 Å². The minimum absolute atomic E-state index is 0.0881. The lowest BCUT2D eigenvalue weighted by molar-refractivity contribution is 0.100. The van der Waals surface area contributed by atoms with Crippen molar-refractivity contribution in [3.63, 3.8) is 0 Å². The van der Waals surface area contributed by atoms with Crippen LogP contribution in [0.2, 0.25) is 0 Å². The van der Waals surface area contributed by atoms with Gasteiger partial charge in [0.05, 0.1) is 5.69 Å². The molecule has 0 amide bonds. The minimum Gasteiger partial charge on any atom is -0.317 e. The second kappa shape index (κ2) is 4.14. The van der Waals surface area contributed by atoms with Gasteiger partial charge in [0.2, 0.25) is 0 Å². The van der Waals surface area contributed by atoms with Gasteiger partial charge in [-0.05, 0) is 32.0 Å². The van der Waals surface area contributed by atoms with Gasteiger partial charge in [0.15, 0.2) is 5.78 Å². The first-order chi connectivity index (χ1) is 7.18. The van der Waals surface area contributed by atoms with E-state index in [2.05, 4.69) is 10.4 Å². The van der Waals surface area contributed by atoms with Crippen LogP contribution in [0, 0.1) is 0 Å². The summed E-state index contributed by atoms with van der Waals surface area (Å²) < 4.78 is 1.69. The Bertz CT molecular complexity index is 364. The molecule has 0 atom stereocenters. The molecule has 0 aromatic carbocycles. The first kappa shape index (κ1) is 10.4. The molecule has 0 aliphatic carbocycles. The van der Waals surface area contributed by atoms with Crippen molar-refractivity contribution < 1.29 is 4.79 Å². The lowest BCUT2D eigenvalue weighted by Crippen LogP contribution is -2.26. The summed E-state index contributed by atoms with van der Waals surface area (Å²) in [5.74, 6) is 0.607. The van der Waals surface area contributed by atoms with Crippen molar-refractivity contribution in [3.05, 3.63) is 17.5 Å². The molecule has 2 rings (SSSR count). The Morgan fingerprint density at radius 2 is 2.20 bits per heavy atom. The third-order valence-corrected chi connectivity index (χ3v) is 3.02. The van der Waals surface area contributed by atoms with Gasteiger partial charge in [0.25, 0.3) is 0 Å². The molecular weight excluding hydrogens is 190 g/mol. The zero-order chi connectivity index (χ0) is 10.8. The fourth-order valence-corrected chi connectivity index (χ4v) is 2.14. The summed E-state index contributed by atoms with van der Waals surface area (Å²) in [5, 5.41) is 7.75. The van der Waals surface area contributed by atoms with Crippen LogP contribution in [0.25, 0.3) is 0 Å². The van der Waals surface area contributed by atoms with Crippen molar-refractivity contribution >= 4 is 5.78 Å². The number of hydrogen-bond donors (Lipinski definition) is 1. The fourth-order valence-electron chi connectivity index (χ4n) is 2.14. The molecule has 1 N–H and O–H groups in total. The van der Waals surface area contributed by atoms with E-state index in [1.54, 1.807) is 11.6 Å². The van der Waals surface area contributed by atoms with E-state index in [0.29, 0.717) is 11.6 Å². The third kappa shape index (κ3) is 2.09. The quantitative estimate of drug-likeness (QED) is 0.738. The lowest BCUT2D eigenvalue weighted by atomic mass is 9.94. The zero-order valence-electron chi connectivity index (χ0n) is 9.29. The highest BCUT2D eigenvalue weighted by Gasteiger charge is 2.19. The number of aromatic nitrogens is 2. The molecule has 0 spiro atoms. The first-order valence-electron chi connectivity index (χ1n) is 5.44. The van der Waals surface area contributed by atoms with E-state index in [1.807, 2.05) is 13.1 Å². The molecule has 0 saturated carbocycles. The van der Waals surface area contributed by atoms with E-state index in [-0.39, 0.29) is 5.78 Å². The number of piperidine rings is 1. The lowest BCUT2D eigenvalue weighted by Gasteiger charge is -2.20. The number of ketones is 1. The van der Waals surface area contributed by atoms with E-state index in [4.69, 9.17) is 0 Å². The van der Waals surface area contributed by atoms with Crippen LogP contribution in [0.15, 0.2) is 6.07 Å². The molecule has 4 nitrogen and oxygen atoms in total. The van der Waals surface area contributed by atoms with Gasteiger partial charge in [-0.25, -0.2) is 0 Å². The van der Waals surface area contributed by atoms with E-state index in [1.165, 1.54) is 0 Å². The number of aryl methyl sites for hydroxylation is 1. The maximum Gasteiger partial charge on any atom is 0.177 e. The molecule has 15 heavy (non-hydrogen) atoms. The maximum atomic E-state index is 11.3. The molecule has 1 aliphatic rings. The highest BCUT2D eigenvalue weighted by atomic mass is 16.1. The van der Waals surface area contributed by atoms with E-state index >= 15 is 0 Å². The van der Waals surface area contributed by atoms with E-state index in [0.717, 1.165) is 31.6 Å². The Morgan fingerprint density at radius 1 is 1.53 bits per heavy atom. The van der Waals surface area contributed by atoms with Crippen LogP contribution in [0.5, 0.6) is 0 Å². The summed E-state index contributed by atoms with van der Waals surface area (Å²) in [6.45, 7) is 3.69. The van der Waals surface area contributed by atoms with E-state index in [9.17, 15) is 4.79 Å². The average molecular weight is 207 g/mol. The largest absolute Gasteiger partial charge is 0.317 e. The second-order valence-electron chi connectivity index (χ2n) is 4.16. The molecule has 1 fully saturated rings. The highest BCUT2D eigenvalue weighted by Crippen LogP contribution is 2.24. The van der Waals surface area contributed by atoms with Crippen LogP contribution in [-0.2, 0) is 7.05 Å². The number of carbonyl (C=O) groups is 1. The van der Waals surface area contributed by atoms with Crippen molar-refractivity contribution in [2.24, 2.45) is 7.05 Å². The molecule has 0 unspecified atom stereocenters. The van der Waals surface area contributed by atoms with Gasteiger partial charge in [0.1, 0.15) is 5.69 Å². The van der Waals surface area contributed by atoms with Crippen LogP contribution in [0.4, 0.5) is 0 Å². The van der Waals surface area contributed by atoms with Crippen LogP contribution in [0.1, 0.15) is 41.9 Å². The molecule has 1 aliphatic heterocycles. The number of nitrogens with zero attached hydrogens (tertiary/aromatic N) is 2. The molecular formula is C11H17N3O. The summed E-state index contributed by atoms with van der Waals surface area (Å²) in [5.41, 5.74) is 1.78. The number of carbonyl (C=O) groups excluding carboxylic acids is 1. The van der Waals surface area contributed by atoms with Crippen molar-refractivity contribution in [2.75, 3.05) is 13.1 Å². The smallest absolute Gasteiger partial charge is 0.177 e. The number of rotatable bonds is 2. The van der Waals surface area contributed by atoms with Crippen molar-refractivity contribution in [2.45, 2.75) is 25.7 Å². The Kier molecular flexibility index (Phi) is 2.86. The standard InChI is InChI=1S/C11H17N3O/c1-8(15)11-7-10(13-14(11)2)9-3-5-12-6-4-9/h7,9,12H,3-6H2,1-2H3. The van der Waals surface area contributed by atoms with Gasteiger partial charge in [-0.2, -0.15) is 5.10 Å². The normalized spacial score (nSPS) is 18.0. The third-order valence-electron chi connectivity index (χ3n) is 3.02. The average Bonchev–Trinajstić information content (AvgIpc) is 2.62. The Morgan fingerprint density at radius 3 is 2.73 bits per heavy atom. The van der Waals surface area contributed by atoms with Crippen LogP contribution in [0.3, 0.4) is 0 Å². The van der Waals surface area contributed by atoms with Gasteiger partial charge < -0.3 is 5.32 Å². The molecule has 1 aromatic heterocycles. The maximum absolute atomic E-state index is 11.3. The number of hydrogen-bond acceptors (Lipinski definition) is 3. The Labute approximate surface area is 89.7 Å². The monoisotopic (exact) mass is 207 g/mol. The fraction of sp³-hybridized carbons (Fsp3) is 0.636. The molecule has 0 radical (unpaired) electrons. The SMILES string of the molecule is CC(=O)c1cc(C2CCNCC2)nn1C. The van der Waals surface area contributed by atoms with Crippen molar-refractivity contribution in [1.82, 2.24) is 15.1 Å². The van der Waals surface area contributed by atoms with Crippen LogP contribution in [-0.4, -0.2) is 28.7 Å². The summed E-state index contributed by atoms with van der Waals surface area (Å²) in [6, 6.07) is 1.94. The second-order valence-corrected chi connectivity index (χ2v) is 4.16. The molecule has 2 heterocycles. The minimum atomic E-state index is 0.0881. The summed E-state index contributed by atoms with van der Waals surface area (Å²) in [6.07, 6.45) is 2.24. The molecule has 1 aromatic rings. The molecule has 0 bridgehead atoms. The zero-order valence-corrected chi connectivity index (χ0v) is 9.29. The molecule has 1 saturated heterocycles. The Hall–Kier alpha value is -1.16. The van der Waals surface area contributed by atoms with Crippen molar-refractivity contribution in [1.29, 1.82) is 0 Å². The van der Waals surface area contributed by atoms with Crippen LogP contribution < -0.4 is 5.32 Å². The Balaban J connectivity index is 2.21. The van der Waals surface area contributed by atoms with Gasteiger partial charge in [-0.15, -0.1) is 0 Å². The topological polar surface area (TPSA) is 46.9 Å². The summed E-state index contributed by atoms with van der Waals surface area (Å²) in [7, 11) is 1.83. The van der Waals surface area contributed by atoms with Crippen molar-refractivity contribution in [3.8, 4) is 0 Å². The van der Waals surface area contributed by atoms with Gasteiger partial charge in [0, 0.05) is 19.9 Å². The van der Waals surface area contributed by atoms with E-state index < -0.39 is 0 Å². The predicted octanol–water partition coefficient (Wildman–Crippen LogP) is 1.09. The number of nitrogens with one attached hydrogen (secondary N) is 1. The number of Topliss-reactive ketones (excluding diaryl/α,β-unsaturated/α-hetero) is 1. The highest BCUT2D eigenvalue weighted by molar-refractivity contribution is 5.92. The summed E-state index contributed by atoms with van der Waals surface area (Å²) >= 11 is 0. The molecule has 4 heteroatoms. The predicted molar refractivity (Wildman–Crippen MR) is 58.1 cm³/mol. The first-order valence-corrected chi connectivity index (χ1v) is 5.44. The van der Waals surface area contributed by atoms with Gasteiger partial charge in [-0.1, -0.05) is 0 Å². The van der Waals surface area contributed by atoms with Gasteiger partial charge in [-0.3, -0.25) is 9.48 Å². The summed E-state index contributed by atoms with van der Waals surface area (Å²) in [4.78, 5) is 11.3.